The van der Waals surface area contributed by atoms with Crippen LogP contribution in [0.1, 0.15) is 38.3 Å². The van der Waals surface area contributed by atoms with Gasteiger partial charge in [0, 0.05) is 38.8 Å². The number of aliphatic imine (C=N–C) groups is 1. The molecule has 122 valence electrons. The third kappa shape index (κ3) is 4.47. The summed E-state index contributed by atoms with van der Waals surface area (Å²) in [5.41, 5.74) is 3.00. The average Bonchev–Trinajstić information content (AvgIpc) is 2.53. The van der Waals surface area contributed by atoms with E-state index in [2.05, 4.69) is 65.6 Å². The monoisotopic (exact) mass is 302 g/mol. The van der Waals surface area contributed by atoms with E-state index in [0.717, 1.165) is 38.4 Å². The minimum Gasteiger partial charge on any atom is -0.355 e. The molecule has 0 radical (unpaired) electrons. The van der Waals surface area contributed by atoms with Gasteiger partial charge in [-0.3, -0.25) is 9.89 Å². The number of rotatable bonds is 5. The third-order valence-corrected chi connectivity index (χ3v) is 4.30. The molecule has 1 aromatic carbocycles. The normalized spacial score (nSPS) is 17.2. The molecule has 22 heavy (non-hydrogen) atoms. The van der Waals surface area contributed by atoms with Crippen LogP contribution in [0.2, 0.25) is 0 Å². The van der Waals surface area contributed by atoms with Crippen molar-refractivity contribution in [2.75, 3.05) is 20.1 Å². The van der Waals surface area contributed by atoms with E-state index in [-0.39, 0.29) is 0 Å². The summed E-state index contributed by atoms with van der Waals surface area (Å²) in [6.07, 6.45) is 2.31. The smallest absolute Gasteiger partial charge is 0.191 e. The van der Waals surface area contributed by atoms with Crippen LogP contribution in [0.4, 0.5) is 0 Å². The second kappa shape index (κ2) is 8.18. The molecule has 0 saturated heterocycles. The van der Waals surface area contributed by atoms with Crippen molar-refractivity contribution in [3.05, 3.63) is 35.4 Å². The van der Waals surface area contributed by atoms with Crippen LogP contribution in [-0.4, -0.2) is 43.1 Å². The molecule has 2 N–H and O–H groups in total. The highest BCUT2D eigenvalue weighted by Crippen LogP contribution is 2.21. The van der Waals surface area contributed by atoms with Gasteiger partial charge in [-0.15, -0.1) is 0 Å². The molecule has 0 saturated carbocycles. The Labute approximate surface area is 135 Å². The molecule has 0 bridgehead atoms. The predicted octanol–water partition coefficient (Wildman–Crippen LogP) is 2.40. The van der Waals surface area contributed by atoms with E-state index < -0.39 is 0 Å². The van der Waals surface area contributed by atoms with Gasteiger partial charge < -0.3 is 10.6 Å². The lowest BCUT2D eigenvalue weighted by atomic mass is 9.98. The molecule has 1 heterocycles. The van der Waals surface area contributed by atoms with Crippen LogP contribution < -0.4 is 10.6 Å². The molecule has 4 nitrogen and oxygen atoms in total. The molecule has 1 unspecified atom stereocenters. The Bertz CT molecular complexity index is 496. The summed E-state index contributed by atoms with van der Waals surface area (Å²) >= 11 is 0. The maximum Gasteiger partial charge on any atom is 0.191 e. The lowest BCUT2D eigenvalue weighted by molar-refractivity contribution is 0.174. The predicted molar refractivity (Wildman–Crippen MR) is 94.3 cm³/mol. The lowest BCUT2D eigenvalue weighted by Gasteiger charge is -2.35. The van der Waals surface area contributed by atoms with Gasteiger partial charge in [-0.05, 0) is 37.8 Å². The molecule has 1 aromatic rings. The number of nitrogens with zero attached hydrogens (tertiary/aromatic N) is 2. The highest BCUT2D eigenvalue weighted by atomic mass is 15.2. The fourth-order valence-electron chi connectivity index (χ4n) is 3.04. The van der Waals surface area contributed by atoms with Crippen LogP contribution in [0.5, 0.6) is 0 Å². The Balaban J connectivity index is 1.92. The van der Waals surface area contributed by atoms with Crippen molar-refractivity contribution in [1.82, 2.24) is 15.5 Å². The largest absolute Gasteiger partial charge is 0.355 e. The molecule has 0 amide bonds. The molecule has 2 rings (SSSR count). The van der Waals surface area contributed by atoms with E-state index in [1.54, 1.807) is 0 Å². The fraction of sp³-hybridized carbons (Fsp3) is 0.611. The molecule has 1 aliphatic rings. The van der Waals surface area contributed by atoms with E-state index in [1.165, 1.54) is 11.1 Å². The summed E-state index contributed by atoms with van der Waals surface area (Å²) in [6.45, 7) is 9.67. The van der Waals surface area contributed by atoms with Gasteiger partial charge in [0.2, 0.25) is 0 Å². The Morgan fingerprint density at radius 1 is 1.27 bits per heavy atom. The standard InChI is InChI=1S/C18H30N4/c1-5-17(12-20-18(19-4)21-14(2)3)22-11-10-15-8-6-7-9-16(15)13-22/h6-9,14,17H,5,10-13H2,1-4H3,(H2,19,20,21). The van der Waals surface area contributed by atoms with Gasteiger partial charge in [0.25, 0.3) is 0 Å². The summed E-state index contributed by atoms with van der Waals surface area (Å²) in [7, 11) is 1.83. The maximum atomic E-state index is 4.29. The number of nitrogens with one attached hydrogen (secondary N) is 2. The first-order chi connectivity index (χ1) is 10.6. The van der Waals surface area contributed by atoms with Gasteiger partial charge in [-0.1, -0.05) is 31.2 Å². The van der Waals surface area contributed by atoms with E-state index in [0.29, 0.717) is 12.1 Å². The first kappa shape index (κ1) is 16.8. The highest BCUT2D eigenvalue weighted by Gasteiger charge is 2.22. The van der Waals surface area contributed by atoms with Crippen LogP contribution >= 0.6 is 0 Å². The summed E-state index contributed by atoms with van der Waals surface area (Å²) in [6, 6.07) is 9.76. The van der Waals surface area contributed by atoms with Gasteiger partial charge >= 0.3 is 0 Å². The molecule has 1 aliphatic heterocycles. The molecule has 0 spiro atoms. The minimum atomic E-state index is 0.396. The van der Waals surface area contributed by atoms with Crippen LogP contribution in [0, 0.1) is 0 Å². The Morgan fingerprint density at radius 3 is 2.64 bits per heavy atom. The molecule has 0 fully saturated rings. The second-order valence-electron chi connectivity index (χ2n) is 6.30. The van der Waals surface area contributed by atoms with Crippen molar-refractivity contribution < 1.29 is 0 Å². The number of fused-ring (bicyclic) bond motifs is 1. The van der Waals surface area contributed by atoms with Gasteiger partial charge in [0.05, 0.1) is 0 Å². The van der Waals surface area contributed by atoms with Crippen LogP contribution in [0.25, 0.3) is 0 Å². The van der Waals surface area contributed by atoms with Crippen molar-refractivity contribution in [3.63, 3.8) is 0 Å². The van der Waals surface area contributed by atoms with Crippen LogP contribution in [-0.2, 0) is 13.0 Å². The zero-order valence-corrected chi connectivity index (χ0v) is 14.4. The fourth-order valence-corrected chi connectivity index (χ4v) is 3.04. The number of hydrogen-bond donors (Lipinski definition) is 2. The Hall–Kier alpha value is -1.55. The Kier molecular flexibility index (Phi) is 6.25. The number of benzene rings is 1. The molecule has 0 aromatic heterocycles. The Morgan fingerprint density at radius 2 is 2.00 bits per heavy atom. The molecular weight excluding hydrogens is 272 g/mol. The number of guanidine groups is 1. The first-order valence-electron chi connectivity index (χ1n) is 8.42. The number of hydrogen-bond acceptors (Lipinski definition) is 2. The van der Waals surface area contributed by atoms with E-state index >= 15 is 0 Å². The molecule has 0 aliphatic carbocycles. The summed E-state index contributed by atoms with van der Waals surface area (Å²) < 4.78 is 0. The summed E-state index contributed by atoms with van der Waals surface area (Å²) in [5.74, 6) is 0.894. The maximum absolute atomic E-state index is 4.29. The van der Waals surface area contributed by atoms with E-state index in [1.807, 2.05) is 7.05 Å². The average molecular weight is 302 g/mol. The lowest BCUT2D eigenvalue weighted by Crippen LogP contribution is -2.49. The highest BCUT2D eigenvalue weighted by molar-refractivity contribution is 5.79. The van der Waals surface area contributed by atoms with Crippen molar-refractivity contribution in [2.45, 2.75) is 52.2 Å². The zero-order chi connectivity index (χ0) is 15.9. The van der Waals surface area contributed by atoms with Crippen molar-refractivity contribution in [3.8, 4) is 0 Å². The quantitative estimate of drug-likeness (QED) is 0.648. The van der Waals surface area contributed by atoms with Crippen molar-refractivity contribution in [1.29, 1.82) is 0 Å². The topological polar surface area (TPSA) is 39.7 Å². The molecule has 1 atom stereocenters. The first-order valence-corrected chi connectivity index (χ1v) is 8.42. The van der Waals surface area contributed by atoms with Gasteiger partial charge in [0.1, 0.15) is 0 Å². The van der Waals surface area contributed by atoms with Gasteiger partial charge in [0.15, 0.2) is 5.96 Å². The van der Waals surface area contributed by atoms with Gasteiger partial charge in [-0.25, -0.2) is 0 Å². The minimum absolute atomic E-state index is 0.396. The zero-order valence-electron chi connectivity index (χ0n) is 14.4. The van der Waals surface area contributed by atoms with E-state index in [4.69, 9.17) is 0 Å². The van der Waals surface area contributed by atoms with Crippen LogP contribution in [0.3, 0.4) is 0 Å². The van der Waals surface area contributed by atoms with Crippen LogP contribution in [0.15, 0.2) is 29.3 Å². The molecule has 4 heteroatoms. The molecular formula is C18H30N4. The SMILES string of the molecule is CCC(CNC(=NC)NC(C)C)N1CCc2ccccc2C1. The second-order valence-corrected chi connectivity index (χ2v) is 6.30. The van der Waals surface area contributed by atoms with Crippen molar-refractivity contribution >= 4 is 5.96 Å². The third-order valence-electron chi connectivity index (χ3n) is 4.30. The van der Waals surface area contributed by atoms with Gasteiger partial charge in [-0.2, -0.15) is 0 Å². The van der Waals surface area contributed by atoms with Crippen molar-refractivity contribution in [2.24, 2.45) is 4.99 Å². The summed E-state index contributed by atoms with van der Waals surface area (Å²) in [5, 5.41) is 6.82. The summed E-state index contributed by atoms with van der Waals surface area (Å²) in [4.78, 5) is 6.89. The van der Waals surface area contributed by atoms with E-state index in [9.17, 15) is 0 Å².